The topological polar surface area (TPSA) is 59.0 Å². The van der Waals surface area contributed by atoms with Crippen LogP contribution in [0.1, 0.15) is 72.1 Å². The first-order valence-electron chi connectivity index (χ1n) is 11.8. The zero-order valence-corrected chi connectivity index (χ0v) is 19.4. The summed E-state index contributed by atoms with van der Waals surface area (Å²) >= 11 is 0. The van der Waals surface area contributed by atoms with Crippen LogP contribution in [-0.4, -0.2) is 43.0 Å². The van der Waals surface area contributed by atoms with Crippen molar-refractivity contribution in [3.05, 3.63) is 11.6 Å². The summed E-state index contributed by atoms with van der Waals surface area (Å²) < 4.78 is 0. The molecule has 0 heterocycles. The van der Waals surface area contributed by atoms with Gasteiger partial charge in [-0.25, -0.2) is 4.79 Å². The quantitative estimate of drug-likeness (QED) is 0.383. The maximum absolute atomic E-state index is 12.0. The molecule has 0 N–H and O–H groups in total. The summed E-state index contributed by atoms with van der Waals surface area (Å²) in [5, 5.41) is 4.28. The summed E-state index contributed by atoms with van der Waals surface area (Å²) in [6.07, 6.45) is 10.9. The van der Waals surface area contributed by atoms with Crippen molar-refractivity contribution in [2.24, 2.45) is 39.7 Å². The van der Waals surface area contributed by atoms with Crippen molar-refractivity contribution >= 4 is 17.5 Å². The van der Waals surface area contributed by atoms with Crippen LogP contribution in [-0.2, 0) is 14.4 Å². The fourth-order valence-corrected chi connectivity index (χ4v) is 7.72. The Kier molecular flexibility index (Phi) is 5.71. The Morgan fingerprint density at radius 3 is 2.63 bits per heavy atom. The van der Waals surface area contributed by atoms with E-state index in [0.29, 0.717) is 23.5 Å². The molecule has 30 heavy (non-hydrogen) atoms. The molecule has 0 radical (unpaired) electrons. The van der Waals surface area contributed by atoms with Gasteiger partial charge in [0.1, 0.15) is 0 Å². The van der Waals surface area contributed by atoms with Gasteiger partial charge in [-0.3, -0.25) is 9.69 Å². The molecule has 5 nitrogen and oxygen atoms in total. The van der Waals surface area contributed by atoms with Crippen LogP contribution in [0.5, 0.6) is 0 Å². The lowest BCUT2D eigenvalue weighted by Crippen LogP contribution is -2.51. The van der Waals surface area contributed by atoms with Gasteiger partial charge in [-0.05, 0) is 101 Å². The molecule has 3 saturated carbocycles. The van der Waals surface area contributed by atoms with E-state index in [9.17, 15) is 9.59 Å². The van der Waals surface area contributed by atoms with E-state index in [2.05, 4.69) is 19.0 Å². The lowest BCUT2D eigenvalue weighted by atomic mass is 9.46. The minimum Gasteiger partial charge on any atom is -0.317 e. The number of ketones is 1. The SMILES string of the molecule is C/C(=N\OC(=O)CN(C)C)[C@H]1CC[C@H]2C3CCC4=CC(=O)CC[C@]4(C)[C@H]3CC[C@]12C. The van der Waals surface area contributed by atoms with E-state index < -0.39 is 0 Å². The Balaban J connectivity index is 1.51. The van der Waals surface area contributed by atoms with Crippen LogP contribution in [0.4, 0.5) is 0 Å². The van der Waals surface area contributed by atoms with Crippen molar-refractivity contribution in [3.8, 4) is 0 Å². The van der Waals surface area contributed by atoms with Gasteiger partial charge in [0.15, 0.2) is 5.78 Å². The summed E-state index contributed by atoms with van der Waals surface area (Å²) in [5.41, 5.74) is 2.88. The molecular formula is C25H38N2O3. The van der Waals surface area contributed by atoms with Crippen LogP contribution in [0.3, 0.4) is 0 Å². The highest BCUT2D eigenvalue weighted by Crippen LogP contribution is 2.66. The number of hydrogen-bond acceptors (Lipinski definition) is 5. The van der Waals surface area contributed by atoms with E-state index in [1.165, 1.54) is 31.3 Å². The highest BCUT2D eigenvalue weighted by atomic mass is 16.7. The molecular weight excluding hydrogens is 376 g/mol. The number of nitrogens with zero attached hydrogens (tertiary/aromatic N) is 2. The molecule has 0 amide bonds. The summed E-state index contributed by atoms with van der Waals surface area (Å²) in [7, 11) is 3.71. The van der Waals surface area contributed by atoms with Crippen LogP contribution < -0.4 is 0 Å². The van der Waals surface area contributed by atoms with Gasteiger partial charge in [0.2, 0.25) is 0 Å². The van der Waals surface area contributed by atoms with Gasteiger partial charge in [-0.2, -0.15) is 0 Å². The van der Waals surface area contributed by atoms with Gasteiger partial charge in [0, 0.05) is 12.3 Å². The molecule has 0 aromatic heterocycles. The average molecular weight is 415 g/mol. The van der Waals surface area contributed by atoms with Crippen molar-refractivity contribution in [2.45, 2.75) is 72.1 Å². The molecule has 0 bridgehead atoms. The molecule has 4 rings (SSSR count). The summed E-state index contributed by atoms with van der Waals surface area (Å²) in [6.45, 7) is 7.20. The Labute approximate surface area is 181 Å². The van der Waals surface area contributed by atoms with Crippen LogP contribution in [0.15, 0.2) is 16.8 Å². The highest BCUT2D eigenvalue weighted by Gasteiger charge is 2.59. The fourth-order valence-electron chi connectivity index (χ4n) is 7.72. The third-order valence-electron chi connectivity index (χ3n) is 9.20. The predicted octanol–water partition coefficient (Wildman–Crippen LogP) is 4.62. The number of carbonyl (C=O) groups is 2. The lowest BCUT2D eigenvalue weighted by Gasteiger charge is -2.58. The summed E-state index contributed by atoms with van der Waals surface area (Å²) in [6, 6.07) is 0. The number of rotatable bonds is 4. The van der Waals surface area contributed by atoms with Crippen molar-refractivity contribution in [1.29, 1.82) is 0 Å². The largest absolute Gasteiger partial charge is 0.348 e. The second kappa shape index (κ2) is 7.89. The van der Waals surface area contributed by atoms with E-state index in [0.717, 1.165) is 37.3 Å². The molecule has 5 heteroatoms. The number of allylic oxidation sites excluding steroid dienone is 1. The molecule has 0 spiro atoms. The van der Waals surface area contributed by atoms with Crippen LogP contribution in [0, 0.1) is 34.5 Å². The van der Waals surface area contributed by atoms with Crippen molar-refractivity contribution < 1.29 is 14.4 Å². The number of likely N-dealkylation sites (N-methyl/N-ethyl adjacent to an activating group) is 1. The first kappa shape index (κ1) is 21.7. The Bertz CT molecular complexity index is 785. The van der Waals surface area contributed by atoms with E-state index >= 15 is 0 Å². The van der Waals surface area contributed by atoms with E-state index in [-0.39, 0.29) is 23.3 Å². The smallest absolute Gasteiger partial charge is 0.317 e. The van der Waals surface area contributed by atoms with Crippen molar-refractivity contribution in [3.63, 3.8) is 0 Å². The first-order chi connectivity index (χ1) is 14.1. The van der Waals surface area contributed by atoms with Crippen LogP contribution >= 0.6 is 0 Å². The van der Waals surface area contributed by atoms with E-state index in [1.807, 2.05) is 27.1 Å². The second-order valence-electron chi connectivity index (χ2n) is 11.1. The summed E-state index contributed by atoms with van der Waals surface area (Å²) in [4.78, 5) is 30.9. The molecule has 0 saturated heterocycles. The number of fused-ring (bicyclic) bond motifs is 5. The minimum absolute atomic E-state index is 0.223. The predicted molar refractivity (Wildman–Crippen MR) is 118 cm³/mol. The molecule has 0 aromatic rings. The Morgan fingerprint density at radius 2 is 1.90 bits per heavy atom. The molecule has 3 fully saturated rings. The molecule has 0 aromatic carbocycles. The van der Waals surface area contributed by atoms with Gasteiger partial charge in [0.05, 0.1) is 12.3 Å². The number of carbonyl (C=O) groups excluding carboxylic acids is 2. The molecule has 0 aliphatic heterocycles. The minimum atomic E-state index is -0.297. The molecule has 166 valence electrons. The zero-order valence-electron chi connectivity index (χ0n) is 19.4. The van der Waals surface area contributed by atoms with Crippen LogP contribution in [0.2, 0.25) is 0 Å². The van der Waals surface area contributed by atoms with E-state index in [1.54, 1.807) is 4.90 Å². The monoisotopic (exact) mass is 414 g/mol. The van der Waals surface area contributed by atoms with Gasteiger partial charge in [-0.15, -0.1) is 0 Å². The van der Waals surface area contributed by atoms with Gasteiger partial charge >= 0.3 is 5.97 Å². The van der Waals surface area contributed by atoms with Gasteiger partial charge < -0.3 is 4.84 Å². The summed E-state index contributed by atoms with van der Waals surface area (Å²) in [5.74, 6) is 2.59. The number of oxime groups is 1. The standard InChI is InChI=1S/C25H38N2O3/c1-16(26-30-23(29)15-27(4)5)20-8-9-21-19-7-6-17-14-18(28)10-12-24(17,2)22(19)11-13-25(20,21)3/h14,19-22H,6-13,15H2,1-5H3/b26-16+/t19?,20-,21+,22+,24+,25-/m1/s1. The van der Waals surface area contributed by atoms with Gasteiger partial charge in [0.25, 0.3) is 0 Å². The maximum Gasteiger partial charge on any atom is 0.348 e. The molecule has 4 aliphatic carbocycles. The third-order valence-corrected chi connectivity index (χ3v) is 9.20. The first-order valence-corrected chi connectivity index (χ1v) is 11.8. The fraction of sp³-hybridized carbons (Fsp3) is 0.800. The third kappa shape index (κ3) is 3.57. The van der Waals surface area contributed by atoms with E-state index in [4.69, 9.17) is 4.84 Å². The molecule has 6 atom stereocenters. The van der Waals surface area contributed by atoms with Crippen LogP contribution in [0.25, 0.3) is 0 Å². The normalized spacial score (nSPS) is 41.1. The Morgan fingerprint density at radius 1 is 1.13 bits per heavy atom. The average Bonchev–Trinajstić information content (AvgIpc) is 3.03. The second-order valence-corrected chi connectivity index (χ2v) is 11.1. The molecule has 1 unspecified atom stereocenters. The zero-order chi connectivity index (χ0) is 21.7. The number of hydrogen-bond donors (Lipinski definition) is 0. The lowest BCUT2D eigenvalue weighted by molar-refractivity contribution is -0.144. The van der Waals surface area contributed by atoms with Crippen molar-refractivity contribution in [1.82, 2.24) is 4.90 Å². The highest BCUT2D eigenvalue weighted by molar-refractivity contribution is 5.91. The van der Waals surface area contributed by atoms with Gasteiger partial charge in [-0.1, -0.05) is 24.6 Å². The Hall–Kier alpha value is -1.49. The molecule has 4 aliphatic rings. The maximum atomic E-state index is 12.0. The van der Waals surface area contributed by atoms with Crippen molar-refractivity contribution in [2.75, 3.05) is 20.6 Å².